The maximum Gasteiger partial charge on any atom is 0.255 e. The molecule has 3 aliphatic rings. The molecule has 0 radical (unpaired) electrons. The monoisotopic (exact) mass is 495 g/mol. The fourth-order valence-electron chi connectivity index (χ4n) is 7.09. The van der Waals surface area contributed by atoms with Crippen molar-refractivity contribution in [2.75, 3.05) is 18.4 Å². The number of aromatic nitrogens is 2. The van der Waals surface area contributed by atoms with E-state index in [2.05, 4.69) is 32.0 Å². The van der Waals surface area contributed by atoms with Crippen molar-refractivity contribution in [1.82, 2.24) is 14.5 Å². The molecule has 0 unspecified atom stereocenters. The van der Waals surface area contributed by atoms with Crippen LogP contribution in [0.25, 0.3) is 11.0 Å². The fourth-order valence-corrected chi connectivity index (χ4v) is 7.09. The van der Waals surface area contributed by atoms with E-state index in [9.17, 15) is 9.59 Å². The molecule has 3 fully saturated rings. The van der Waals surface area contributed by atoms with Gasteiger partial charge in [-0.05, 0) is 86.1 Å². The van der Waals surface area contributed by atoms with E-state index in [-0.39, 0.29) is 11.8 Å². The molecule has 190 valence electrons. The Bertz CT molecular complexity index is 1430. The van der Waals surface area contributed by atoms with E-state index in [0.29, 0.717) is 34.6 Å². The molecule has 3 aromatic rings. The number of amides is 2. The molecular formula is C30H33N5O2. The number of hydrogen-bond acceptors (Lipinski definition) is 4. The van der Waals surface area contributed by atoms with Crippen LogP contribution in [0.2, 0.25) is 0 Å². The fraction of sp³-hybridized carbons (Fsp3) is 0.467. The number of benzene rings is 1. The second-order valence-electron chi connectivity index (χ2n) is 11.2. The molecule has 2 aromatic heterocycles. The highest BCUT2D eigenvalue weighted by atomic mass is 16.2. The van der Waals surface area contributed by atoms with Crippen LogP contribution in [0.15, 0.2) is 36.7 Å². The highest BCUT2D eigenvalue weighted by molar-refractivity contribution is 6.06. The Labute approximate surface area is 217 Å². The SMILES string of the molecule is Cc1c(NC(=O)c2cccc(C#N)c2)cnc2c1c(C1CCN(C(=O)[C@H]3C[C@H]4CC[C@H]3C4)CC1)cn2C. The zero-order valence-corrected chi connectivity index (χ0v) is 21.5. The van der Waals surface area contributed by atoms with Crippen molar-refractivity contribution in [3.8, 4) is 6.07 Å². The second kappa shape index (κ2) is 9.33. The molecule has 7 nitrogen and oxygen atoms in total. The number of carbonyl (C=O) groups excluding carboxylic acids is 2. The van der Waals surface area contributed by atoms with Crippen molar-refractivity contribution < 1.29 is 9.59 Å². The summed E-state index contributed by atoms with van der Waals surface area (Å²) in [6, 6.07) is 8.78. The van der Waals surface area contributed by atoms with Crippen molar-refractivity contribution in [1.29, 1.82) is 5.26 Å². The van der Waals surface area contributed by atoms with Crippen molar-refractivity contribution in [2.45, 2.75) is 51.4 Å². The minimum Gasteiger partial charge on any atom is -0.342 e. The Morgan fingerprint density at radius 1 is 1.14 bits per heavy atom. The first-order valence-electron chi connectivity index (χ1n) is 13.5. The van der Waals surface area contributed by atoms with Gasteiger partial charge in [0.25, 0.3) is 5.91 Å². The Kier molecular flexibility index (Phi) is 5.98. The van der Waals surface area contributed by atoms with Crippen LogP contribution >= 0.6 is 0 Å². The Morgan fingerprint density at radius 2 is 1.95 bits per heavy atom. The van der Waals surface area contributed by atoms with Gasteiger partial charge in [0.2, 0.25) is 5.91 Å². The molecule has 3 heterocycles. The van der Waals surface area contributed by atoms with Gasteiger partial charge in [-0.1, -0.05) is 12.5 Å². The summed E-state index contributed by atoms with van der Waals surface area (Å²) in [5.74, 6) is 2.16. The molecule has 2 amide bonds. The van der Waals surface area contributed by atoms with Crippen LogP contribution < -0.4 is 5.32 Å². The highest BCUT2D eigenvalue weighted by Crippen LogP contribution is 2.49. The number of pyridine rings is 1. The van der Waals surface area contributed by atoms with Crippen LogP contribution in [0, 0.1) is 36.0 Å². The Morgan fingerprint density at radius 3 is 2.65 bits per heavy atom. The molecular weight excluding hydrogens is 462 g/mol. The maximum atomic E-state index is 13.3. The van der Waals surface area contributed by atoms with Gasteiger partial charge in [0.15, 0.2) is 0 Å². The first-order chi connectivity index (χ1) is 17.9. The average molecular weight is 496 g/mol. The van der Waals surface area contributed by atoms with Gasteiger partial charge >= 0.3 is 0 Å². The highest BCUT2D eigenvalue weighted by Gasteiger charge is 2.44. The Hall–Kier alpha value is -3.66. The summed E-state index contributed by atoms with van der Waals surface area (Å²) in [5.41, 5.74) is 4.71. The van der Waals surface area contributed by atoms with Crippen LogP contribution in [-0.2, 0) is 11.8 Å². The molecule has 37 heavy (non-hydrogen) atoms. The molecule has 1 saturated heterocycles. The summed E-state index contributed by atoms with van der Waals surface area (Å²) in [6.45, 7) is 3.65. The number of carbonyl (C=O) groups is 2. The van der Waals surface area contributed by atoms with E-state index in [1.807, 2.05) is 14.0 Å². The summed E-state index contributed by atoms with van der Waals surface area (Å²) >= 11 is 0. The van der Waals surface area contributed by atoms with Gasteiger partial charge in [0.05, 0.1) is 23.5 Å². The van der Waals surface area contributed by atoms with Gasteiger partial charge in [-0.2, -0.15) is 5.26 Å². The van der Waals surface area contributed by atoms with Crippen LogP contribution in [0.3, 0.4) is 0 Å². The van der Waals surface area contributed by atoms with Crippen LogP contribution in [0.1, 0.15) is 71.5 Å². The van der Waals surface area contributed by atoms with Gasteiger partial charge < -0.3 is 14.8 Å². The lowest BCUT2D eigenvalue weighted by Crippen LogP contribution is -2.42. The third kappa shape index (κ3) is 4.19. The minimum atomic E-state index is -0.258. The number of aryl methyl sites for hydroxylation is 2. The first-order valence-corrected chi connectivity index (χ1v) is 13.5. The number of likely N-dealkylation sites (tertiary alicyclic amines) is 1. The molecule has 1 aromatic carbocycles. The summed E-state index contributed by atoms with van der Waals surface area (Å²) < 4.78 is 2.06. The lowest BCUT2D eigenvalue weighted by molar-refractivity contribution is -0.138. The van der Waals surface area contributed by atoms with E-state index in [0.717, 1.165) is 54.9 Å². The van der Waals surface area contributed by atoms with Crippen LogP contribution in [0.4, 0.5) is 5.69 Å². The van der Waals surface area contributed by atoms with E-state index in [4.69, 9.17) is 5.26 Å². The smallest absolute Gasteiger partial charge is 0.255 e. The number of anilines is 1. The van der Waals surface area contributed by atoms with Gasteiger partial charge in [0, 0.05) is 43.2 Å². The predicted molar refractivity (Wildman–Crippen MR) is 142 cm³/mol. The number of piperidine rings is 1. The summed E-state index contributed by atoms with van der Waals surface area (Å²) in [7, 11) is 2.01. The number of rotatable bonds is 4. The topological polar surface area (TPSA) is 91.0 Å². The molecule has 3 atom stereocenters. The zero-order chi connectivity index (χ0) is 25.7. The standard InChI is InChI=1S/C30H33N5O2/c1-18-26(33-29(36)23-5-3-4-20(13-23)15-31)16-32-28-27(18)25(17-34(28)2)21-8-10-35(11-9-21)30(37)24-14-19-6-7-22(24)12-19/h3-5,13,16-17,19,21-22,24H,6-12,14H2,1-2H3,(H,33,36)/t19-,22-,24-/m0/s1. The molecule has 2 aliphatic carbocycles. The lowest BCUT2D eigenvalue weighted by atomic mass is 9.85. The third-order valence-corrected chi connectivity index (χ3v) is 9.08. The van der Waals surface area contributed by atoms with E-state index in [1.54, 1.807) is 30.5 Å². The quantitative estimate of drug-likeness (QED) is 0.542. The first kappa shape index (κ1) is 23.7. The predicted octanol–water partition coefficient (Wildman–Crippen LogP) is 5.15. The van der Waals surface area contributed by atoms with Crippen LogP contribution in [-0.4, -0.2) is 39.4 Å². The molecule has 2 bridgehead atoms. The normalized spacial score (nSPS) is 23.4. The number of fused-ring (bicyclic) bond motifs is 3. The molecule has 7 heteroatoms. The number of nitrogens with one attached hydrogen (secondary N) is 1. The Balaban J connectivity index is 1.21. The lowest BCUT2D eigenvalue weighted by Gasteiger charge is -2.35. The van der Waals surface area contributed by atoms with Gasteiger partial charge in [-0.15, -0.1) is 0 Å². The van der Waals surface area contributed by atoms with Crippen molar-refractivity contribution in [3.63, 3.8) is 0 Å². The van der Waals surface area contributed by atoms with Gasteiger partial charge in [-0.3, -0.25) is 9.59 Å². The summed E-state index contributed by atoms with van der Waals surface area (Å²) in [4.78, 5) is 33.0. The maximum absolute atomic E-state index is 13.3. The largest absolute Gasteiger partial charge is 0.342 e. The molecule has 1 aliphatic heterocycles. The van der Waals surface area contributed by atoms with E-state index >= 15 is 0 Å². The number of nitriles is 1. The van der Waals surface area contributed by atoms with Crippen molar-refractivity contribution >= 4 is 28.5 Å². The van der Waals surface area contributed by atoms with E-state index in [1.165, 1.54) is 24.8 Å². The van der Waals surface area contributed by atoms with Gasteiger partial charge in [0.1, 0.15) is 5.65 Å². The van der Waals surface area contributed by atoms with E-state index < -0.39 is 0 Å². The third-order valence-electron chi connectivity index (χ3n) is 9.08. The molecule has 6 rings (SSSR count). The molecule has 2 saturated carbocycles. The number of hydrogen-bond donors (Lipinski definition) is 1. The summed E-state index contributed by atoms with van der Waals surface area (Å²) in [6.07, 6.45) is 10.7. The van der Waals surface area contributed by atoms with Crippen molar-refractivity contribution in [2.24, 2.45) is 24.8 Å². The molecule has 0 spiro atoms. The van der Waals surface area contributed by atoms with Crippen molar-refractivity contribution in [3.05, 3.63) is 58.9 Å². The summed E-state index contributed by atoms with van der Waals surface area (Å²) in [5, 5.41) is 13.3. The minimum absolute atomic E-state index is 0.258. The zero-order valence-electron chi connectivity index (χ0n) is 21.5. The number of nitrogens with zero attached hydrogens (tertiary/aromatic N) is 4. The average Bonchev–Trinajstić information content (AvgIpc) is 3.65. The second-order valence-corrected chi connectivity index (χ2v) is 11.2. The van der Waals surface area contributed by atoms with Gasteiger partial charge in [-0.25, -0.2) is 4.98 Å². The molecule has 1 N–H and O–H groups in total. The van der Waals surface area contributed by atoms with Crippen LogP contribution in [0.5, 0.6) is 0 Å².